The van der Waals surface area contributed by atoms with Crippen LogP contribution in [0.3, 0.4) is 0 Å². The van der Waals surface area contributed by atoms with Crippen LogP contribution in [0, 0.1) is 11.3 Å². The number of benzene rings is 2. The summed E-state index contributed by atoms with van der Waals surface area (Å²) in [6.45, 7) is 4.21. The number of nitrogens with zero attached hydrogens (tertiary/aromatic N) is 1. The van der Waals surface area contributed by atoms with Gasteiger partial charge in [-0.3, -0.25) is 10.1 Å². The van der Waals surface area contributed by atoms with Crippen LogP contribution in [0.5, 0.6) is 17.2 Å². The molecule has 2 aromatic carbocycles. The molecular weight excluding hydrogens is 478 g/mol. The third-order valence-electron chi connectivity index (χ3n) is 4.08. The molecule has 4 N–H and O–H groups in total. The van der Waals surface area contributed by atoms with Gasteiger partial charge in [-0.1, -0.05) is 23.2 Å². The van der Waals surface area contributed by atoms with Gasteiger partial charge in [0.15, 0.2) is 11.8 Å². The SMILES string of the molecule is CCOC(=O)NC(=O)C(C#N)NNc1cc(Cl)c(Oc2ccc(O)c(C(C)(C)F)c2)c(Cl)c1. The smallest absolute Gasteiger partial charge is 0.413 e. The maximum atomic E-state index is 14.3. The minimum atomic E-state index is -1.81. The number of hydrazine groups is 1. The Kier molecular flexibility index (Phi) is 8.70. The lowest BCUT2D eigenvalue weighted by atomic mass is 9.99. The standard InChI is InChI=1S/C21H21Cl2FN4O5/c1-4-32-20(31)26-19(30)16(10-25)28-27-11-7-14(22)18(15(23)8-11)33-12-5-6-17(29)13(9-12)21(2,3)24/h5-9,16,27-29H,4H2,1-3H3,(H,26,30,31). The summed E-state index contributed by atoms with van der Waals surface area (Å²) in [7, 11) is 0. The average Bonchev–Trinajstić information content (AvgIpc) is 2.71. The van der Waals surface area contributed by atoms with E-state index < -0.39 is 23.7 Å². The molecule has 0 aliphatic rings. The van der Waals surface area contributed by atoms with Crippen LogP contribution in [0.25, 0.3) is 0 Å². The molecule has 9 nitrogen and oxygen atoms in total. The lowest BCUT2D eigenvalue weighted by Crippen LogP contribution is -2.47. The van der Waals surface area contributed by atoms with Crippen LogP contribution < -0.4 is 20.9 Å². The van der Waals surface area contributed by atoms with Crippen molar-refractivity contribution in [1.82, 2.24) is 10.7 Å². The fourth-order valence-corrected chi connectivity index (χ4v) is 3.12. The minimum absolute atomic E-state index is 0.0263. The molecule has 0 fully saturated rings. The van der Waals surface area contributed by atoms with Gasteiger partial charge < -0.3 is 20.0 Å². The Hall–Kier alpha value is -3.26. The third kappa shape index (κ3) is 7.12. The molecule has 0 saturated heterocycles. The Bertz CT molecular complexity index is 1060. The van der Waals surface area contributed by atoms with E-state index in [1.165, 1.54) is 44.2 Å². The Balaban J connectivity index is 2.13. The fraction of sp³-hybridized carbons (Fsp3) is 0.286. The number of alkyl carbamates (subject to hydrolysis) is 1. The van der Waals surface area contributed by atoms with E-state index in [0.717, 1.165) is 0 Å². The van der Waals surface area contributed by atoms with Crippen molar-refractivity contribution < 1.29 is 28.6 Å². The van der Waals surface area contributed by atoms with Crippen molar-refractivity contribution in [2.24, 2.45) is 0 Å². The molecule has 12 heteroatoms. The normalized spacial score (nSPS) is 11.8. The average molecular weight is 499 g/mol. The first-order valence-corrected chi connectivity index (χ1v) is 10.3. The summed E-state index contributed by atoms with van der Waals surface area (Å²) in [4.78, 5) is 23.3. The molecule has 1 atom stereocenters. The van der Waals surface area contributed by atoms with Crippen molar-refractivity contribution in [2.75, 3.05) is 12.0 Å². The van der Waals surface area contributed by atoms with Crippen LogP contribution >= 0.6 is 23.2 Å². The Morgan fingerprint density at radius 3 is 2.42 bits per heavy atom. The van der Waals surface area contributed by atoms with Crippen molar-refractivity contribution in [3.05, 3.63) is 45.9 Å². The minimum Gasteiger partial charge on any atom is -0.508 e. The lowest BCUT2D eigenvalue weighted by Gasteiger charge is -2.18. The van der Waals surface area contributed by atoms with Crippen molar-refractivity contribution >= 4 is 40.9 Å². The van der Waals surface area contributed by atoms with Gasteiger partial charge in [-0.25, -0.2) is 14.6 Å². The summed E-state index contributed by atoms with van der Waals surface area (Å²) in [6.07, 6.45) is -0.981. The van der Waals surface area contributed by atoms with E-state index in [-0.39, 0.29) is 45.2 Å². The number of hydrogen-bond acceptors (Lipinski definition) is 8. The highest BCUT2D eigenvalue weighted by Crippen LogP contribution is 2.41. The highest BCUT2D eigenvalue weighted by atomic mass is 35.5. The van der Waals surface area contributed by atoms with Crippen LogP contribution in [0.1, 0.15) is 26.3 Å². The quantitative estimate of drug-likeness (QED) is 0.382. The molecule has 0 spiro atoms. The monoisotopic (exact) mass is 498 g/mol. The first-order valence-electron chi connectivity index (χ1n) is 9.54. The number of rotatable bonds is 8. The largest absolute Gasteiger partial charge is 0.508 e. The topological polar surface area (TPSA) is 133 Å². The molecule has 33 heavy (non-hydrogen) atoms. The number of hydrogen-bond donors (Lipinski definition) is 4. The van der Waals surface area contributed by atoms with E-state index in [4.69, 9.17) is 33.2 Å². The molecule has 2 aromatic rings. The zero-order valence-electron chi connectivity index (χ0n) is 17.8. The van der Waals surface area contributed by atoms with Gasteiger partial charge in [-0.2, -0.15) is 5.26 Å². The Morgan fingerprint density at radius 1 is 1.24 bits per heavy atom. The summed E-state index contributed by atoms with van der Waals surface area (Å²) in [6, 6.07) is 7.07. The molecule has 0 aliphatic heterocycles. The molecule has 0 aliphatic carbocycles. The van der Waals surface area contributed by atoms with Gasteiger partial charge in [0.05, 0.1) is 28.4 Å². The van der Waals surface area contributed by atoms with E-state index in [0.29, 0.717) is 0 Å². The van der Waals surface area contributed by atoms with Gasteiger partial charge in [-0.15, -0.1) is 0 Å². The van der Waals surface area contributed by atoms with Crippen LogP contribution in [0.4, 0.5) is 14.9 Å². The number of imide groups is 1. The summed E-state index contributed by atoms with van der Waals surface area (Å²) >= 11 is 12.5. The van der Waals surface area contributed by atoms with Crippen molar-refractivity contribution in [1.29, 1.82) is 5.26 Å². The zero-order valence-corrected chi connectivity index (χ0v) is 19.3. The number of carbonyl (C=O) groups excluding carboxylic acids is 2. The molecule has 0 heterocycles. The maximum Gasteiger partial charge on any atom is 0.413 e. The summed E-state index contributed by atoms with van der Waals surface area (Å²) in [5, 5.41) is 21.1. The second-order valence-corrected chi connectivity index (χ2v) is 7.88. The number of aromatic hydroxyl groups is 1. The number of amides is 2. The van der Waals surface area contributed by atoms with E-state index in [9.17, 15) is 19.1 Å². The van der Waals surface area contributed by atoms with E-state index in [1.54, 1.807) is 13.0 Å². The van der Waals surface area contributed by atoms with Crippen LogP contribution in [-0.2, 0) is 15.2 Å². The van der Waals surface area contributed by atoms with Crippen molar-refractivity contribution in [2.45, 2.75) is 32.5 Å². The van der Waals surface area contributed by atoms with Crippen LogP contribution in [0.15, 0.2) is 30.3 Å². The summed E-state index contributed by atoms with van der Waals surface area (Å²) in [5.74, 6) is -0.901. The molecule has 2 amide bonds. The summed E-state index contributed by atoms with van der Waals surface area (Å²) in [5.41, 5.74) is 3.52. The number of ether oxygens (including phenoxy) is 2. The number of carbonyl (C=O) groups is 2. The van der Waals surface area contributed by atoms with E-state index in [1.807, 2.05) is 5.32 Å². The van der Waals surface area contributed by atoms with Crippen LogP contribution in [-0.4, -0.2) is 29.8 Å². The van der Waals surface area contributed by atoms with Crippen molar-refractivity contribution in [3.63, 3.8) is 0 Å². The maximum absolute atomic E-state index is 14.3. The van der Waals surface area contributed by atoms with Gasteiger partial charge in [0, 0.05) is 5.56 Å². The number of phenolic OH excluding ortho intramolecular Hbond substituents is 1. The second-order valence-electron chi connectivity index (χ2n) is 7.06. The van der Waals surface area contributed by atoms with Gasteiger partial charge in [0.2, 0.25) is 0 Å². The molecule has 2 rings (SSSR count). The number of nitriles is 1. The number of alkyl halides is 1. The molecule has 0 saturated carbocycles. The fourth-order valence-electron chi connectivity index (χ4n) is 2.55. The molecule has 0 bridgehead atoms. The first kappa shape index (κ1) is 26.0. The molecule has 0 aromatic heterocycles. The predicted octanol–water partition coefficient (Wildman–Crippen LogP) is 4.78. The highest BCUT2D eigenvalue weighted by molar-refractivity contribution is 6.37. The Morgan fingerprint density at radius 2 is 1.88 bits per heavy atom. The van der Waals surface area contributed by atoms with Crippen LogP contribution in [0.2, 0.25) is 10.0 Å². The van der Waals surface area contributed by atoms with E-state index in [2.05, 4.69) is 15.6 Å². The number of phenols is 1. The molecule has 1 unspecified atom stereocenters. The molecule has 176 valence electrons. The Labute approximate surface area is 199 Å². The second kappa shape index (κ2) is 11.0. The van der Waals surface area contributed by atoms with Gasteiger partial charge in [-0.05, 0) is 51.1 Å². The third-order valence-corrected chi connectivity index (χ3v) is 4.64. The van der Waals surface area contributed by atoms with Gasteiger partial charge in [0.25, 0.3) is 5.91 Å². The molecule has 0 radical (unpaired) electrons. The zero-order chi connectivity index (χ0) is 24.8. The predicted molar refractivity (Wildman–Crippen MR) is 120 cm³/mol. The number of nitrogens with one attached hydrogen (secondary N) is 3. The van der Waals surface area contributed by atoms with Crippen molar-refractivity contribution in [3.8, 4) is 23.3 Å². The molecular formula is C21H21Cl2FN4O5. The summed E-state index contributed by atoms with van der Waals surface area (Å²) < 4.78 is 24.6. The van der Waals surface area contributed by atoms with Gasteiger partial charge in [0.1, 0.15) is 17.2 Å². The first-order chi connectivity index (χ1) is 15.5. The number of halogens is 3. The lowest BCUT2D eigenvalue weighted by molar-refractivity contribution is -0.121. The van der Waals surface area contributed by atoms with E-state index >= 15 is 0 Å². The highest BCUT2D eigenvalue weighted by Gasteiger charge is 2.24. The number of anilines is 1. The van der Waals surface area contributed by atoms with Gasteiger partial charge >= 0.3 is 6.09 Å².